The first kappa shape index (κ1) is 16.0. The van der Waals surface area contributed by atoms with E-state index in [-0.39, 0.29) is 11.4 Å². The lowest BCUT2D eigenvalue weighted by atomic mass is 10.2. The van der Waals surface area contributed by atoms with E-state index in [1.807, 2.05) is 32.3 Å². The second-order valence-corrected chi connectivity index (χ2v) is 5.46. The molecule has 0 atom stereocenters. The van der Waals surface area contributed by atoms with Crippen molar-refractivity contribution < 1.29 is 4.74 Å². The number of nitrogen functional groups attached to an aromatic ring is 1. The Morgan fingerprint density at radius 1 is 1.23 bits per heavy atom. The summed E-state index contributed by atoms with van der Waals surface area (Å²) >= 11 is 0. The van der Waals surface area contributed by atoms with Gasteiger partial charge in [-0.25, -0.2) is 0 Å². The Morgan fingerprint density at radius 2 is 2.00 bits per heavy atom. The van der Waals surface area contributed by atoms with Crippen molar-refractivity contribution >= 4 is 11.4 Å². The van der Waals surface area contributed by atoms with E-state index < -0.39 is 10.9 Å². The molecule has 2 aromatic carbocycles. The lowest BCUT2D eigenvalue weighted by Crippen LogP contribution is -2.37. The van der Waals surface area contributed by atoms with Crippen molar-refractivity contribution in [2.24, 2.45) is 0 Å². The van der Waals surface area contributed by atoms with Gasteiger partial charge in [-0.3, -0.25) is 9.59 Å². The highest BCUT2D eigenvalue weighted by molar-refractivity contribution is 5.71. The summed E-state index contributed by atoms with van der Waals surface area (Å²) in [4.78, 5) is 24.2. The summed E-state index contributed by atoms with van der Waals surface area (Å²) < 4.78 is 5.68. The maximum atomic E-state index is 11.2. The number of anilines is 2. The third-order valence-corrected chi connectivity index (χ3v) is 3.24. The summed E-state index contributed by atoms with van der Waals surface area (Å²) in [5, 5.41) is 2.87. The van der Waals surface area contributed by atoms with Crippen LogP contribution in [0.2, 0.25) is 0 Å². The Balaban J connectivity index is 1.73. The first-order valence-corrected chi connectivity index (χ1v) is 7.18. The highest BCUT2D eigenvalue weighted by atomic mass is 16.5. The fraction of sp³-hybridized carbons (Fsp3) is 0.375. The molecule has 118 valence electrons. The van der Waals surface area contributed by atoms with E-state index in [1.165, 1.54) is 5.56 Å². The van der Waals surface area contributed by atoms with Gasteiger partial charge in [0.1, 0.15) is 17.1 Å². The van der Waals surface area contributed by atoms with Crippen LogP contribution < -0.4 is 26.6 Å². The minimum atomic E-state index is -0.601. The quantitative estimate of drug-likeness (QED) is 0.554. The van der Waals surface area contributed by atoms with Crippen molar-refractivity contribution in [2.45, 2.75) is 13.0 Å². The van der Waals surface area contributed by atoms with Crippen LogP contribution in [0.1, 0.15) is 12.0 Å². The van der Waals surface area contributed by atoms with E-state index in [0.29, 0.717) is 19.6 Å². The average Bonchev–Trinajstić information content (AvgIpc) is 2.49. The largest absolute Gasteiger partial charge is 0.494 e. The smallest absolute Gasteiger partial charge is 0.253 e. The molecule has 6 heteroatoms. The van der Waals surface area contributed by atoms with Crippen LogP contribution in [0.3, 0.4) is 0 Å². The maximum absolute atomic E-state index is 11.2. The Kier molecular flexibility index (Phi) is 5.16. The van der Waals surface area contributed by atoms with Crippen LogP contribution in [-0.4, -0.2) is 32.1 Å². The SMILES string of the molecule is CN(C)Cc1cccc(OCCCNc2c(N)c(=O)c2=O)c1. The van der Waals surface area contributed by atoms with Crippen molar-refractivity contribution in [3.63, 3.8) is 0 Å². The number of benzene rings is 1. The van der Waals surface area contributed by atoms with E-state index in [0.717, 1.165) is 12.3 Å². The Bertz CT molecular complexity index is 703. The van der Waals surface area contributed by atoms with Gasteiger partial charge in [0.15, 0.2) is 0 Å². The summed E-state index contributed by atoms with van der Waals surface area (Å²) in [6, 6.07) is 7.96. The predicted octanol–water partition coefficient (Wildman–Crippen LogP) is 0.807. The van der Waals surface area contributed by atoms with Crippen molar-refractivity contribution in [2.75, 3.05) is 38.3 Å². The number of nitrogens with one attached hydrogen (secondary N) is 1. The van der Waals surface area contributed by atoms with Gasteiger partial charge in [-0.15, -0.1) is 0 Å². The Hall–Kier alpha value is -2.34. The molecule has 0 aliphatic heterocycles. The summed E-state index contributed by atoms with van der Waals surface area (Å²) in [6.45, 7) is 1.92. The van der Waals surface area contributed by atoms with E-state index in [2.05, 4.69) is 16.3 Å². The molecule has 0 radical (unpaired) electrons. The molecule has 0 fully saturated rings. The molecule has 2 rings (SSSR count). The van der Waals surface area contributed by atoms with Gasteiger partial charge < -0.3 is 20.7 Å². The van der Waals surface area contributed by atoms with Crippen LogP contribution in [0.15, 0.2) is 33.9 Å². The van der Waals surface area contributed by atoms with Gasteiger partial charge in [-0.05, 0) is 38.2 Å². The first-order chi connectivity index (χ1) is 10.5. The second-order valence-electron chi connectivity index (χ2n) is 5.46. The lowest BCUT2D eigenvalue weighted by Gasteiger charge is -2.12. The van der Waals surface area contributed by atoms with E-state index in [1.54, 1.807) is 0 Å². The number of hydrogen-bond acceptors (Lipinski definition) is 6. The molecule has 0 saturated carbocycles. The number of rotatable bonds is 8. The van der Waals surface area contributed by atoms with Crippen LogP contribution in [0.5, 0.6) is 5.75 Å². The minimum absolute atomic E-state index is 0.0299. The molecule has 0 spiro atoms. The summed E-state index contributed by atoms with van der Waals surface area (Å²) in [5.41, 5.74) is 5.75. The predicted molar refractivity (Wildman–Crippen MR) is 88.2 cm³/mol. The average molecular weight is 303 g/mol. The zero-order valence-electron chi connectivity index (χ0n) is 12.9. The van der Waals surface area contributed by atoms with Gasteiger partial charge in [0.25, 0.3) is 10.9 Å². The standard InChI is InChI=1S/C16H21N3O3/c1-19(2)10-11-5-3-6-12(9-11)22-8-4-7-18-14-13(17)15(20)16(14)21/h3,5-6,9,18H,4,7-8,10,17H2,1-2H3. The lowest BCUT2D eigenvalue weighted by molar-refractivity contribution is 0.314. The normalized spacial score (nSPS) is 11.0. The second kappa shape index (κ2) is 7.09. The number of nitrogens with two attached hydrogens (primary N) is 1. The molecule has 22 heavy (non-hydrogen) atoms. The van der Waals surface area contributed by atoms with E-state index in [9.17, 15) is 9.59 Å². The Morgan fingerprint density at radius 3 is 2.68 bits per heavy atom. The van der Waals surface area contributed by atoms with E-state index in [4.69, 9.17) is 10.5 Å². The van der Waals surface area contributed by atoms with Crippen LogP contribution >= 0.6 is 0 Å². The van der Waals surface area contributed by atoms with E-state index >= 15 is 0 Å². The molecule has 0 bridgehead atoms. The van der Waals surface area contributed by atoms with Crippen LogP contribution in [-0.2, 0) is 6.54 Å². The number of hydrogen-bond donors (Lipinski definition) is 2. The molecule has 6 nitrogen and oxygen atoms in total. The third kappa shape index (κ3) is 3.85. The fourth-order valence-electron chi connectivity index (χ4n) is 2.16. The molecule has 0 saturated heterocycles. The molecule has 0 aliphatic carbocycles. The monoisotopic (exact) mass is 303 g/mol. The Labute approximate surface area is 129 Å². The molecule has 0 unspecified atom stereocenters. The maximum Gasteiger partial charge on any atom is 0.253 e. The topological polar surface area (TPSA) is 84.7 Å². The van der Waals surface area contributed by atoms with Gasteiger partial charge in [0.2, 0.25) is 0 Å². The molecular formula is C16H21N3O3. The highest BCUT2D eigenvalue weighted by Gasteiger charge is 2.16. The zero-order chi connectivity index (χ0) is 16.1. The number of ether oxygens (including phenoxy) is 1. The van der Waals surface area contributed by atoms with Gasteiger partial charge in [0, 0.05) is 13.1 Å². The molecule has 0 amide bonds. The minimum Gasteiger partial charge on any atom is -0.494 e. The van der Waals surface area contributed by atoms with Crippen LogP contribution in [0.25, 0.3) is 0 Å². The molecule has 0 aliphatic rings. The third-order valence-electron chi connectivity index (χ3n) is 3.24. The summed E-state index contributed by atoms with van der Waals surface area (Å²) in [7, 11) is 4.04. The van der Waals surface area contributed by atoms with Crippen LogP contribution in [0.4, 0.5) is 11.4 Å². The molecule has 0 heterocycles. The van der Waals surface area contributed by atoms with Crippen molar-refractivity contribution in [1.29, 1.82) is 0 Å². The molecule has 3 N–H and O–H groups in total. The van der Waals surface area contributed by atoms with Gasteiger partial charge in [-0.2, -0.15) is 0 Å². The van der Waals surface area contributed by atoms with Crippen LogP contribution in [0, 0.1) is 0 Å². The van der Waals surface area contributed by atoms with Gasteiger partial charge in [-0.1, -0.05) is 12.1 Å². The van der Waals surface area contributed by atoms with Crippen molar-refractivity contribution in [3.05, 3.63) is 50.3 Å². The summed E-state index contributed by atoms with van der Waals surface area (Å²) in [6.07, 6.45) is 0.705. The molecule has 0 aromatic heterocycles. The van der Waals surface area contributed by atoms with Gasteiger partial charge in [0.05, 0.1) is 6.61 Å². The van der Waals surface area contributed by atoms with Crippen molar-refractivity contribution in [1.82, 2.24) is 4.90 Å². The zero-order valence-corrected chi connectivity index (χ0v) is 12.9. The first-order valence-electron chi connectivity index (χ1n) is 7.18. The molecule has 2 aromatic rings. The summed E-state index contributed by atoms with van der Waals surface area (Å²) in [5.74, 6) is 0.827. The number of nitrogens with zero attached hydrogens (tertiary/aromatic N) is 1. The highest BCUT2D eigenvalue weighted by Crippen LogP contribution is 2.14. The van der Waals surface area contributed by atoms with Crippen molar-refractivity contribution in [3.8, 4) is 5.75 Å². The molecular weight excluding hydrogens is 282 g/mol. The fourth-order valence-corrected chi connectivity index (χ4v) is 2.16. The van der Waals surface area contributed by atoms with Gasteiger partial charge >= 0.3 is 0 Å².